The summed E-state index contributed by atoms with van der Waals surface area (Å²) in [4.78, 5) is 0. The quantitative estimate of drug-likeness (QED) is 0.615. The molecule has 1 aliphatic heterocycles. The van der Waals surface area contributed by atoms with Crippen LogP contribution in [-0.4, -0.2) is 21.3 Å². The zero-order chi connectivity index (χ0) is 8.55. The number of hydrazine groups is 1. The molecule has 0 spiro atoms. The van der Waals surface area contributed by atoms with E-state index in [0.717, 1.165) is 13.0 Å². The molecule has 1 aromatic heterocycles. The Hall–Kier alpha value is -0.870. The average Bonchev–Trinajstić information content (AvgIpc) is 2.58. The zero-order valence-corrected chi connectivity index (χ0v) is 7.27. The van der Waals surface area contributed by atoms with Crippen LogP contribution in [0.3, 0.4) is 0 Å². The van der Waals surface area contributed by atoms with E-state index in [0.29, 0.717) is 6.04 Å². The Morgan fingerprint density at radius 1 is 1.67 bits per heavy atom. The third-order valence-electron chi connectivity index (χ3n) is 2.40. The van der Waals surface area contributed by atoms with Gasteiger partial charge in [-0.05, 0) is 12.8 Å². The van der Waals surface area contributed by atoms with Crippen LogP contribution < -0.4 is 5.84 Å². The molecule has 0 bridgehead atoms. The summed E-state index contributed by atoms with van der Waals surface area (Å²) in [5.41, 5.74) is 1.23. The van der Waals surface area contributed by atoms with Crippen LogP contribution in [0, 0.1) is 0 Å². The molecule has 1 saturated heterocycles. The van der Waals surface area contributed by atoms with Crippen LogP contribution in [-0.2, 0) is 7.05 Å². The second-order valence-corrected chi connectivity index (χ2v) is 3.34. The molecule has 12 heavy (non-hydrogen) atoms. The van der Waals surface area contributed by atoms with E-state index < -0.39 is 0 Å². The number of nitrogens with zero attached hydrogens (tertiary/aromatic N) is 3. The van der Waals surface area contributed by atoms with Gasteiger partial charge in [0.1, 0.15) is 0 Å². The van der Waals surface area contributed by atoms with Gasteiger partial charge in [-0.25, -0.2) is 5.01 Å². The fraction of sp³-hybridized carbons (Fsp3) is 0.625. The molecule has 1 aliphatic rings. The number of aryl methyl sites for hydroxylation is 1. The van der Waals surface area contributed by atoms with Gasteiger partial charge < -0.3 is 0 Å². The summed E-state index contributed by atoms with van der Waals surface area (Å²) in [6.07, 6.45) is 6.28. The summed E-state index contributed by atoms with van der Waals surface area (Å²) in [7, 11) is 1.93. The Morgan fingerprint density at radius 3 is 3.00 bits per heavy atom. The lowest BCUT2D eigenvalue weighted by Crippen LogP contribution is -2.29. The first kappa shape index (κ1) is 7.76. The van der Waals surface area contributed by atoms with Gasteiger partial charge in [0, 0.05) is 25.4 Å². The second-order valence-electron chi connectivity index (χ2n) is 3.34. The van der Waals surface area contributed by atoms with Gasteiger partial charge in [0.2, 0.25) is 0 Å². The highest BCUT2D eigenvalue weighted by Gasteiger charge is 2.23. The fourth-order valence-corrected chi connectivity index (χ4v) is 1.76. The predicted octanol–water partition coefficient (Wildman–Crippen LogP) is 0.431. The van der Waals surface area contributed by atoms with Crippen molar-refractivity contribution >= 4 is 0 Å². The summed E-state index contributed by atoms with van der Waals surface area (Å²) >= 11 is 0. The molecular formula is C8H14N4. The predicted molar refractivity (Wildman–Crippen MR) is 46.1 cm³/mol. The number of aromatic nitrogens is 2. The number of rotatable bonds is 1. The van der Waals surface area contributed by atoms with Gasteiger partial charge in [0.15, 0.2) is 0 Å². The normalized spacial score (nSPS) is 25.0. The van der Waals surface area contributed by atoms with Crippen molar-refractivity contribution in [1.82, 2.24) is 14.8 Å². The van der Waals surface area contributed by atoms with Crippen molar-refractivity contribution in [3.8, 4) is 0 Å². The van der Waals surface area contributed by atoms with Crippen LogP contribution in [0.1, 0.15) is 24.4 Å². The molecule has 66 valence electrons. The molecular weight excluding hydrogens is 152 g/mol. The minimum atomic E-state index is 0.388. The van der Waals surface area contributed by atoms with E-state index in [-0.39, 0.29) is 0 Å². The molecule has 1 aromatic rings. The van der Waals surface area contributed by atoms with Gasteiger partial charge in [0.05, 0.1) is 12.2 Å². The third kappa shape index (κ3) is 1.23. The first-order chi connectivity index (χ1) is 5.77. The highest BCUT2D eigenvalue weighted by atomic mass is 15.4. The van der Waals surface area contributed by atoms with Gasteiger partial charge in [-0.1, -0.05) is 0 Å². The maximum atomic E-state index is 5.82. The smallest absolute Gasteiger partial charge is 0.0538 e. The number of nitrogens with two attached hydrogens (primary N) is 1. The van der Waals surface area contributed by atoms with Gasteiger partial charge >= 0.3 is 0 Å². The summed E-state index contributed by atoms with van der Waals surface area (Å²) in [6, 6.07) is 0.388. The average molecular weight is 166 g/mol. The minimum Gasteiger partial charge on any atom is -0.275 e. The fourth-order valence-electron chi connectivity index (χ4n) is 1.76. The molecule has 1 atom stereocenters. The highest BCUT2D eigenvalue weighted by Crippen LogP contribution is 2.28. The van der Waals surface area contributed by atoms with Crippen molar-refractivity contribution in [1.29, 1.82) is 0 Å². The Balaban J connectivity index is 2.19. The molecule has 0 radical (unpaired) electrons. The van der Waals surface area contributed by atoms with E-state index in [9.17, 15) is 0 Å². The lowest BCUT2D eigenvalue weighted by Gasteiger charge is -2.16. The monoisotopic (exact) mass is 166 g/mol. The van der Waals surface area contributed by atoms with E-state index >= 15 is 0 Å². The summed E-state index contributed by atoms with van der Waals surface area (Å²) in [6.45, 7) is 1.000. The Kier molecular flexibility index (Phi) is 1.86. The van der Waals surface area contributed by atoms with Crippen LogP contribution >= 0.6 is 0 Å². The largest absolute Gasteiger partial charge is 0.275 e. The molecule has 1 unspecified atom stereocenters. The van der Waals surface area contributed by atoms with Crippen LogP contribution in [0.15, 0.2) is 12.4 Å². The van der Waals surface area contributed by atoms with Gasteiger partial charge in [0.25, 0.3) is 0 Å². The van der Waals surface area contributed by atoms with Crippen molar-refractivity contribution in [3.63, 3.8) is 0 Å². The molecule has 2 heterocycles. The Labute approximate surface area is 71.9 Å². The SMILES string of the molecule is Cn1cc(C2CCCN2N)cn1. The first-order valence-corrected chi connectivity index (χ1v) is 4.27. The van der Waals surface area contributed by atoms with Gasteiger partial charge in [-0.15, -0.1) is 0 Å². The van der Waals surface area contributed by atoms with Crippen LogP contribution in [0.2, 0.25) is 0 Å². The Bertz CT molecular complexity index is 268. The van der Waals surface area contributed by atoms with Crippen LogP contribution in [0.25, 0.3) is 0 Å². The molecule has 0 aliphatic carbocycles. The molecule has 2 rings (SSSR count). The van der Waals surface area contributed by atoms with Crippen molar-refractivity contribution in [2.24, 2.45) is 12.9 Å². The van der Waals surface area contributed by atoms with E-state index in [1.54, 1.807) is 0 Å². The van der Waals surface area contributed by atoms with Gasteiger partial charge in [-0.2, -0.15) is 5.10 Å². The van der Waals surface area contributed by atoms with Crippen LogP contribution in [0.4, 0.5) is 0 Å². The molecule has 4 nitrogen and oxygen atoms in total. The van der Waals surface area contributed by atoms with Gasteiger partial charge in [-0.3, -0.25) is 10.5 Å². The van der Waals surface area contributed by atoms with Crippen molar-refractivity contribution < 1.29 is 0 Å². The molecule has 0 saturated carbocycles. The van der Waals surface area contributed by atoms with Crippen molar-refractivity contribution in [3.05, 3.63) is 18.0 Å². The summed E-state index contributed by atoms with van der Waals surface area (Å²) in [5, 5.41) is 6.03. The molecule has 0 aromatic carbocycles. The number of hydrogen-bond donors (Lipinski definition) is 1. The Morgan fingerprint density at radius 2 is 2.50 bits per heavy atom. The molecule has 0 amide bonds. The van der Waals surface area contributed by atoms with Crippen molar-refractivity contribution in [2.75, 3.05) is 6.54 Å². The van der Waals surface area contributed by atoms with E-state index in [1.807, 2.05) is 29.1 Å². The first-order valence-electron chi connectivity index (χ1n) is 4.27. The lowest BCUT2D eigenvalue weighted by atomic mass is 10.1. The van der Waals surface area contributed by atoms with E-state index in [2.05, 4.69) is 5.10 Å². The minimum absolute atomic E-state index is 0.388. The number of hydrogen-bond acceptors (Lipinski definition) is 3. The third-order valence-corrected chi connectivity index (χ3v) is 2.40. The zero-order valence-electron chi connectivity index (χ0n) is 7.27. The maximum absolute atomic E-state index is 5.82. The van der Waals surface area contributed by atoms with E-state index in [1.165, 1.54) is 12.0 Å². The molecule has 1 fully saturated rings. The molecule has 2 N–H and O–H groups in total. The van der Waals surface area contributed by atoms with Crippen molar-refractivity contribution in [2.45, 2.75) is 18.9 Å². The van der Waals surface area contributed by atoms with E-state index in [4.69, 9.17) is 5.84 Å². The summed E-state index contributed by atoms with van der Waals surface area (Å²) < 4.78 is 1.82. The standard InChI is InChI=1S/C8H14N4/c1-11-6-7(5-10-11)8-3-2-4-12(8)9/h5-6,8H,2-4,9H2,1H3. The topological polar surface area (TPSA) is 47.1 Å². The highest BCUT2D eigenvalue weighted by molar-refractivity contribution is 5.11. The second kappa shape index (κ2) is 2.88. The summed E-state index contributed by atoms with van der Waals surface area (Å²) in [5.74, 6) is 5.82. The lowest BCUT2D eigenvalue weighted by molar-refractivity contribution is 0.266. The van der Waals surface area contributed by atoms with Crippen LogP contribution in [0.5, 0.6) is 0 Å². The molecule has 4 heteroatoms. The maximum Gasteiger partial charge on any atom is 0.0538 e.